The number of fused-ring (bicyclic) bond motifs is 4. The lowest BCUT2D eigenvalue weighted by Gasteiger charge is -2.43. The molecule has 0 bridgehead atoms. The molecule has 0 aromatic heterocycles. The second kappa shape index (κ2) is 8.38. The first-order valence-electron chi connectivity index (χ1n) is 10.7. The van der Waals surface area contributed by atoms with Crippen LogP contribution in [0.4, 0.5) is 0 Å². The fourth-order valence-electron chi connectivity index (χ4n) is 5.81. The highest BCUT2D eigenvalue weighted by atomic mass is 16.5. The molecule has 28 heavy (non-hydrogen) atoms. The zero-order valence-electron chi connectivity index (χ0n) is 17.2. The van der Waals surface area contributed by atoms with Crippen molar-refractivity contribution < 1.29 is 19.0 Å². The van der Waals surface area contributed by atoms with Gasteiger partial charge in [-0.05, 0) is 79.7 Å². The number of ether oxygens (including phenoxy) is 3. The summed E-state index contributed by atoms with van der Waals surface area (Å²) < 4.78 is 16.1. The minimum Gasteiger partial charge on any atom is -0.497 e. The van der Waals surface area contributed by atoms with Crippen molar-refractivity contribution in [3.63, 3.8) is 0 Å². The molecule has 152 valence electrons. The topological polar surface area (TPSA) is 44.8 Å². The molecule has 1 fully saturated rings. The third-order valence-electron chi connectivity index (χ3n) is 7.16. The molecule has 0 amide bonds. The Morgan fingerprint density at radius 3 is 2.79 bits per heavy atom. The number of aryl methyl sites for hydroxylation is 1. The monoisotopic (exact) mass is 384 g/mol. The molecule has 1 aromatic rings. The van der Waals surface area contributed by atoms with Gasteiger partial charge in [0.15, 0.2) is 0 Å². The van der Waals surface area contributed by atoms with Crippen molar-refractivity contribution in [1.82, 2.24) is 0 Å². The van der Waals surface area contributed by atoms with E-state index in [1.165, 1.54) is 16.7 Å². The Kier molecular flexibility index (Phi) is 5.88. The normalized spacial score (nSPS) is 26.1. The van der Waals surface area contributed by atoms with E-state index in [0.29, 0.717) is 24.9 Å². The fraction of sp³-hybridized carbons (Fsp3) is 0.625. The number of methoxy groups -OCH3 is 2. The van der Waals surface area contributed by atoms with E-state index in [-0.39, 0.29) is 5.41 Å². The summed E-state index contributed by atoms with van der Waals surface area (Å²) in [7, 11) is 3.42. The standard InChI is InChI=1S/C24H32O4/c1-26-14-15-28-13-3-11-24-12-10-20-19-7-5-18(27-2)16-17(19)4-6-21(20)22(24)8-9-23(24)25/h5,7,16,22H,3-4,6,8-15H2,1-2H3/t22-,24?/m0/s1. The third-order valence-corrected chi connectivity index (χ3v) is 7.16. The van der Waals surface area contributed by atoms with Crippen LogP contribution in [-0.4, -0.2) is 39.8 Å². The third kappa shape index (κ3) is 3.42. The summed E-state index contributed by atoms with van der Waals surface area (Å²) >= 11 is 0. The molecule has 4 rings (SSSR count). The zero-order chi connectivity index (χ0) is 19.6. The molecule has 0 aliphatic heterocycles. The van der Waals surface area contributed by atoms with Gasteiger partial charge < -0.3 is 14.2 Å². The summed E-state index contributed by atoms with van der Waals surface area (Å²) in [5.74, 6) is 1.89. The van der Waals surface area contributed by atoms with Crippen molar-refractivity contribution in [3.05, 3.63) is 34.9 Å². The molecule has 0 heterocycles. The molecule has 4 nitrogen and oxygen atoms in total. The Morgan fingerprint density at radius 2 is 1.96 bits per heavy atom. The number of benzene rings is 1. The highest BCUT2D eigenvalue weighted by Gasteiger charge is 2.52. The fourth-order valence-corrected chi connectivity index (χ4v) is 5.81. The SMILES string of the molecule is COCCOCCCC12CCC3=C(CCc4cc(OC)ccc43)[C@@H]1CCC2=O. The van der Waals surface area contributed by atoms with E-state index >= 15 is 0 Å². The van der Waals surface area contributed by atoms with Gasteiger partial charge in [0.2, 0.25) is 0 Å². The van der Waals surface area contributed by atoms with Crippen molar-refractivity contribution in [2.24, 2.45) is 11.3 Å². The van der Waals surface area contributed by atoms with Gasteiger partial charge >= 0.3 is 0 Å². The van der Waals surface area contributed by atoms with Gasteiger partial charge in [-0.25, -0.2) is 0 Å². The number of carbonyl (C=O) groups excluding carboxylic acids is 1. The average Bonchev–Trinajstić information content (AvgIpc) is 3.06. The van der Waals surface area contributed by atoms with Crippen LogP contribution in [0.3, 0.4) is 0 Å². The van der Waals surface area contributed by atoms with Crippen molar-refractivity contribution in [2.75, 3.05) is 34.0 Å². The largest absolute Gasteiger partial charge is 0.497 e. The lowest BCUT2D eigenvalue weighted by atomic mass is 9.60. The maximum atomic E-state index is 13.0. The number of hydrogen-bond acceptors (Lipinski definition) is 4. The summed E-state index contributed by atoms with van der Waals surface area (Å²) in [6.07, 6.45) is 7.90. The minimum atomic E-state index is -0.132. The number of allylic oxidation sites excluding steroid dienone is 2. The van der Waals surface area contributed by atoms with Gasteiger partial charge in [0.05, 0.1) is 20.3 Å². The maximum absolute atomic E-state index is 13.0. The van der Waals surface area contributed by atoms with E-state index in [9.17, 15) is 4.79 Å². The number of hydrogen-bond donors (Lipinski definition) is 0. The van der Waals surface area contributed by atoms with Gasteiger partial charge in [0, 0.05) is 25.6 Å². The Morgan fingerprint density at radius 1 is 1.07 bits per heavy atom. The van der Waals surface area contributed by atoms with E-state index in [1.807, 2.05) is 0 Å². The molecule has 1 aromatic carbocycles. The van der Waals surface area contributed by atoms with E-state index in [0.717, 1.165) is 63.7 Å². The summed E-state index contributed by atoms with van der Waals surface area (Å²) in [6.45, 7) is 1.99. The van der Waals surface area contributed by atoms with Crippen LogP contribution >= 0.6 is 0 Å². The van der Waals surface area contributed by atoms with Crippen LogP contribution in [0.25, 0.3) is 5.57 Å². The van der Waals surface area contributed by atoms with Gasteiger partial charge in [0.25, 0.3) is 0 Å². The van der Waals surface area contributed by atoms with Crippen LogP contribution < -0.4 is 4.74 Å². The van der Waals surface area contributed by atoms with Crippen LogP contribution in [0.15, 0.2) is 23.8 Å². The van der Waals surface area contributed by atoms with Crippen molar-refractivity contribution >= 4 is 11.4 Å². The minimum absolute atomic E-state index is 0.132. The molecule has 2 atom stereocenters. The van der Waals surface area contributed by atoms with Crippen LogP contribution in [0.1, 0.15) is 56.1 Å². The Hall–Kier alpha value is -1.65. The molecular formula is C24H32O4. The van der Waals surface area contributed by atoms with E-state index in [4.69, 9.17) is 14.2 Å². The predicted octanol–water partition coefficient (Wildman–Crippen LogP) is 4.60. The Bertz CT molecular complexity index is 766. The first-order chi connectivity index (χ1) is 13.7. The van der Waals surface area contributed by atoms with Crippen molar-refractivity contribution in [3.8, 4) is 5.75 Å². The first kappa shape index (κ1) is 19.7. The summed E-state index contributed by atoms with van der Waals surface area (Å²) in [6, 6.07) is 6.50. The van der Waals surface area contributed by atoms with Gasteiger partial charge in [-0.1, -0.05) is 11.6 Å². The molecular weight excluding hydrogens is 352 g/mol. The summed E-state index contributed by atoms with van der Waals surface area (Å²) in [5.41, 5.74) is 5.78. The Balaban J connectivity index is 1.53. The lowest BCUT2D eigenvalue weighted by molar-refractivity contribution is -0.128. The van der Waals surface area contributed by atoms with Gasteiger partial charge in [-0.3, -0.25) is 4.79 Å². The highest BCUT2D eigenvalue weighted by molar-refractivity contribution is 5.90. The molecule has 3 aliphatic carbocycles. The molecule has 0 saturated heterocycles. The predicted molar refractivity (Wildman–Crippen MR) is 110 cm³/mol. The number of carbonyl (C=O) groups is 1. The van der Waals surface area contributed by atoms with E-state index in [2.05, 4.69) is 18.2 Å². The maximum Gasteiger partial charge on any atom is 0.139 e. The van der Waals surface area contributed by atoms with E-state index < -0.39 is 0 Å². The van der Waals surface area contributed by atoms with Gasteiger partial charge in [-0.2, -0.15) is 0 Å². The van der Waals surface area contributed by atoms with Gasteiger partial charge in [0.1, 0.15) is 11.5 Å². The molecule has 0 radical (unpaired) electrons. The van der Waals surface area contributed by atoms with Crippen LogP contribution in [0, 0.1) is 11.3 Å². The lowest BCUT2D eigenvalue weighted by Crippen LogP contribution is -2.37. The number of Topliss-reactive ketones (excluding diaryl/α,β-unsaturated/α-hetero) is 1. The average molecular weight is 385 g/mol. The van der Waals surface area contributed by atoms with Crippen LogP contribution in [-0.2, 0) is 20.7 Å². The quantitative estimate of drug-likeness (QED) is 0.615. The molecule has 1 saturated carbocycles. The second-order valence-corrected chi connectivity index (χ2v) is 8.41. The molecule has 3 aliphatic rings. The van der Waals surface area contributed by atoms with Crippen LogP contribution in [0.2, 0.25) is 0 Å². The smallest absolute Gasteiger partial charge is 0.139 e. The summed E-state index contributed by atoms with van der Waals surface area (Å²) in [4.78, 5) is 13.0. The number of rotatable bonds is 8. The zero-order valence-corrected chi connectivity index (χ0v) is 17.2. The Labute approximate surface area is 168 Å². The first-order valence-corrected chi connectivity index (χ1v) is 10.7. The van der Waals surface area contributed by atoms with Gasteiger partial charge in [-0.15, -0.1) is 0 Å². The van der Waals surface area contributed by atoms with Crippen molar-refractivity contribution in [2.45, 2.75) is 51.4 Å². The summed E-state index contributed by atoms with van der Waals surface area (Å²) in [5, 5.41) is 0. The highest BCUT2D eigenvalue weighted by Crippen LogP contribution is 2.58. The molecule has 4 heteroatoms. The second-order valence-electron chi connectivity index (χ2n) is 8.41. The van der Waals surface area contributed by atoms with Crippen molar-refractivity contribution in [1.29, 1.82) is 0 Å². The van der Waals surface area contributed by atoms with E-state index in [1.54, 1.807) is 19.8 Å². The number of ketones is 1. The molecule has 0 spiro atoms. The molecule has 0 N–H and O–H groups in total. The molecule has 1 unspecified atom stereocenters. The van der Waals surface area contributed by atoms with Crippen LogP contribution in [0.5, 0.6) is 5.75 Å².